The van der Waals surface area contributed by atoms with Crippen molar-refractivity contribution < 1.29 is 28.6 Å². The maximum Gasteiger partial charge on any atom is 0.306 e. The van der Waals surface area contributed by atoms with Crippen LogP contribution in [0.15, 0.2) is 23.8 Å². The molecule has 0 bridgehead atoms. The van der Waals surface area contributed by atoms with Gasteiger partial charge in [-0.3, -0.25) is 14.4 Å². The Morgan fingerprint density at radius 2 is 2.00 bits per heavy atom. The molecule has 188 valence electrons. The minimum atomic E-state index is -2.00. The molecule has 5 nitrogen and oxygen atoms in total. The van der Waals surface area contributed by atoms with E-state index in [4.69, 9.17) is 16.3 Å². The van der Waals surface area contributed by atoms with Crippen LogP contribution in [0.3, 0.4) is 0 Å². The maximum atomic E-state index is 17.3. The van der Waals surface area contributed by atoms with Crippen LogP contribution in [-0.4, -0.2) is 45.9 Å². The van der Waals surface area contributed by atoms with Crippen LogP contribution in [0, 0.1) is 28.6 Å². The molecule has 34 heavy (non-hydrogen) atoms. The standard InChI is InChI=1S/C27H36ClFO5/c1-5-6-7-23(33)34-26(22(32)15-28)11-9-18-20-12-16(2)19-13-17(30)8-10-24(19,3)27(20,29)21(31)14-25(18,26)4/h8,10,13,16,18,20-21,31H,5-7,9,11-12,14-15H2,1-4H3/t16?,18-,20-,21?,24-,25-,26-,27-/m0/s1. The van der Waals surface area contributed by atoms with E-state index in [9.17, 15) is 19.5 Å². The van der Waals surface area contributed by atoms with Crippen LogP contribution >= 0.6 is 11.6 Å². The number of carbonyl (C=O) groups is 3. The summed E-state index contributed by atoms with van der Waals surface area (Å²) in [7, 11) is 0. The van der Waals surface area contributed by atoms with E-state index in [1.54, 1.807) is 13.0 Å². The molecule has 3 saturated carbocycles. The zero-order chi connectivity index (χ0) is 25.1. The van der Waals surface area contributed by atoms with Crippen molar-refractivity contribution in [2.75, 3.05) is 5.88 Å². The van der Waals surface area contributed by atoms with Crippen molar-refractivity contribution in [3.05, 3.63) is 23.8 Å². The Balaban J connectivity index is 1.79. The van der Waals surface area contributed by atoms with Crippen molar-refractivity contribution in [3.63, 3.8) is 0 Å². The Labute approximate surface area is 206 Å². The predicted octanol–water partition coefficient (Wildman–Crippen LogP) is 4.88. The van der Waals surface area contributed by atoms with Crippen LogP contribution in [0.2, 0.25) is 0 Å². The number of carbonyl (C=O) groups excluding carboxylic acids is 3. The first-order valence-electron chi connectivity index (χ1n) is 12.5. The van der Waals surface area contributed by atoms with Gasteiger partial charge in [-0.2, -0.15) is 0 Å². The fourth-order valence-electron chi connectivity index (χ4n) is 7.95. The molecule has 8 atom stereocenters. The van der Waals surface area contributed by atoms with Crippen LogP contribution < -0.4 is 0 Å². The molecular formula is C27H36ClFO5. The quantitative estimate of drug-likeness (QED) is 0.420. The Hall–Kier alpha value is -1.53. The van der Waals surface area contributed by atoms with E-state index >= 15 is 4.39 Å². The molecule has 0 spiro atoms. The average molecular weight is 495 g/mol. The second-order valence-electron chi connectivity index (χ2n) is 11.3. The molecule has 0 heterocycles. The van der Waals surface area contributed by atoms with E-state index in [0.29, 0.717) is 24.8 Å². The first kappa shape index (κ1) is 25.6. The number of rotatable bonds is 6. The van der Waals surface area contributed by atoms with Crippen molar-refractivity contribution in [1.82, 2.24) is 0 Å². The highest BCUT2D eigenvalue weighted by atomic mass is 35.5. The lowest BCUT2D eigenvalue weighted by Crippen LogP contribution is -2.70. The number of halogens is 2. The topological polar surface area (TPSA) is 80.7 Å². The molecule has 0 aromatic carbocycles. The van der Waals surface area contributed by atoms with Gasteiger partial charge in [0.05, 0.1) is 12.0 Å². The highest BCUT2D eigenvalue weighted by Crippen LogP contribution is 2.71. The van der Waals surface area contributed by atoms with Gasteiger partial charge in [0.15, 0.2) is 22.8 Å². The van der Waals surface area contributed by atoms with Gasteiger partial charge in [0, 0.05) is 23.2 Å². The van der Waals surface area contributed by atoms with Gasteiger partial charge < -0.3 is 9.84 Å². The number of esters is 1. The van der Waals surface area contributed by atoms with Gasteiger partial charge in [-0.05, 0) is 63.0 Å². The van der Waals surface area contributed by atoms with Crippen LogP contribution in [0.5, 0.6) is 0 Å². The lowest BCUT2D eigenvalue weighted by atomic mass is 9.43. The van der Waals surface area contributed by atoms with Gasteiger partial charge in [-0.25, -0.2) is 4.39 Å². The summed E-state index contributed by atoms with van der Waals surface area (Å²) in [6, 6.07) is 0. The summed E-state index contributed by atoms with van der Waals surface area (Å²) >= 11 is 6.03. The van der Waals surface area contributed by atoms with E-state index in [1.165, 1.54) is 12.2 Å². The summed E-state index contributed by atoms with van der Waals surface area (Å²) in [4.78, 5) is 38.2. The smallest absolute Gasteiger partial charge is 0.306 e. The Bertz CT molecular complexity index is 961. The molecule has 4 rings (SSSR count). The van der Waals surface area contributed by atoms with Gasteiger partial charge in [0.1, 0.15) is 0 Å². The number of ketones is 2. The number of Topliss-reactive ketones (excluding diaryl/α,β-unsaturated/α-hetero) is 1. The van der Waals surface area contributed by atoms with Gasteiger partial charge in [0.25, 0.3) is 0 Å². The number of unbranched alkanes of at least 4 members (excludes halogenated alkanes) is 1. The molecule has 4 aliphatic carbocycles. The summed E-state index contributed by atoms with van der Waals surface area (Å²) in [5.74, 6) is -2.19. The van der Waals surface area contributed by atoms with E-state index in [2.05, 4.69) is 0 Å². The number of ether oxygens (including phenoxy) is 1. The van der Waals surface area contributed by atoms with E-state index < -0.39 is 40.1 Å². The third-order valence-corrected chi connectivity index (χ3v) is 9.93. The summed E-state index contributed by atoms with van der Waals surface area (Å²) in [6.07, 6.45) is 6.03. The lowest BCUT2D eigenvalue weighted by Gasteiger charge is -2.63. The monoisotopic (exact) mass is 494 g/mol. The number of allylic oxidation sites excluding steroid dienone is 4. The fraction of sp³-hybridized carbons (Fsp3) is 0.741. The van der Waals surface area contributed by atoms with Crippen molar-refractivity contribution in [2.45, 2.75) is 90.0 Å². The number of aliphatic hydroxyl groups excluding tert-OH is 1. The highest BCUT2D eigenvalue weighted by molar-refractivity contribution is 6.29. The lowest BCUT2D eigenvalue weighted by molar-refractivity contribution is -0.227. The molecule has 1 N–H and O–H groups in total. The number of fused-ring (bicyclic) bond motifs is 5. The minimum absolute atomic E-state index is 0.0204. The van der Waals surface area contributed by atoms with Crippen LogP contribution in [0.4, 0.5) is 4.39 Å². The second kappa shape index (κ2) is 8.55. The molecule has 3 fully saturated rings. The second-order valence-corrected chi connectivity index (χ2v) is 11.6. The normalized spacial score (nSPS) is 45.1. The molecule has 7 heteroatoms. The molecule has 0 saturated heterocycles. The largest absolute Gasteiger partial charge is 0.450 e. The van der Waals surface area contributed by atoms with E-state index in [-0.39, 0.29) is 48.5 Å². The minimum Gasteiger partial charge on any atom is -0.450 e. The van der Waals surface area contributed by atoms with Crippen molar-refractivity contribution in [2.24, 2.45) is 28.6 Å². The van der Waals surface area contributed by atoms with Gasteiger partial charge in [-0.1, -0.05) is 38.8 Å². The zero-order valence-corrected chi connectivity index (χ0v) is 21.3. The number of alkyl halides is 2. The fourth-order valence-corrected chi connectivity index (χ4v) is 8.16. The molecule has 4 aliphatic rings. The molecule has 0 aliphatic heterocycles. The number of hydrogen-bond donors (Lipinski definition) is 1. The van der Waals surface area contributed by atoms with E-state index in [1.807, 2.05) is 20.8 Å². The molecular weight excluding hydrogens is 459 g/mol. The molecule has 0 radical (unpaired) electrons. The average Bonchev–Trinajstić information content (AvgIpc) is 3.07. The van der Waals surface area contributed by atoms with Gasteiger partial charge in [0.2, 0.25) is 0 Å². The van der Waals surface area contributed by atoms with Crippen molar-refractivity contribution >= 4 is 29.1 Å². The van der Waals surface area contributed by atoms with E-state index in [0.717, 1.165) is 6.42 Å². The zero-order valence-electron chi connectivity index (χ0n) is 20.5. The molecule has 0 amide bonds. The molecule has 0 aromatic rings. The molecule has 2 unspecified atom stereocenters. The third kappa shape index (κ3) is 3.23. The third-order valence-electron chi connectivity index (χ3n) is 9.68. The van der Waals surface area contributed by atoms with Gasteiger partial charge >= 0.3 is 5.97 Å². The first-order valence-corrected chi connectivity index (χ1v) is 13.1. The summed E-state index contributed by atoms with van der Waals surface area (Å²) in [6.45, 7) is 7.60. The maximum absolute atomic E-state index is 17.3. The Morgan fingerprint density at radius 1 is 1.29 bits per heavy atom. The van der Waals surface area contributed by atoms with Gasteiger partial charge in [-0.15, -0.1) is 11.6 Å². The SMILES string of the molecule is CCCCC(=O)O[C@]1(C(=O)CCl)CC[C@H]2[C@@H]3CC(C)C4=CC(=O)C=C[C@]4(C)[C@@]3(F)C(O)C[C@@]21C. The summed E-state index contributed by atoms with van der Waals surface area (Å²) in [5, 5.41) is 11.5. The Morgan fingerprint density at radius 3 is 2.65 bits per heavy atom. The highest BCUT2D eigenvalue weighted by Gasteiger charge is 2.75. The molecule has 0 aromatic heterocycles. The van der Waals surface area contributed by atoms with Crippen LogP contribution in [0.1, 0.15) is 72.6 Å². The van der Waals surface area contributed by atoms with Crippen LogP contribution in [-0.2, 0) is 19.1 Å². The number of aliphatic hydroxyl groups is 1. The first-order chi connectivity index (χ1) is 15.9. The predicted molar refractivity (Wildman–Crippen MR) is 127 cm³/mol. The summed E-state index contributed by atoms with van der Waals surface area (Å²) < 4.78 is 23.3. The Kier molecular flexibility index (Phi) is 6.42. The van der Waals surface area contributed by atoms with Crippen molar-refractivity contribution in [1.29, 1.82) is 0 Å². The van der Waals surface area contributed by atoms with Crippen LogP contribution in [0.25, 0.3) is 0 Å². The summed E-state index contributed by atoms with van der Waals surface area (Å²) in [5.41, 5.74) is -4.81. The van der Waals surface area contributed by atoms with Crippen molar-refractivity contribution in [3.8, 4) is 0 Å². The number of hydrogen-bond acceptors (Lipinski definition) is 5.